The Hall–Kier alpha value is -0.860. The molecule has 1 N–H and O–H groups in total. The highest BCUT2D eigenvalue weighted by molar-refractivity contribution is 5.26. The quantitative estimate of drug-likeness (QED) is 0.772. The molecule has 0 aliphatic carbocycles. The van der Waals surface area contributed by atoms with Crippen molar-refractivity contribution in [3.63, 3.8) is 0 Å². The van der Waals surface area contributed by atoms with Crippen LogP contribution in [0, 0.1) is 0 Å². The minimum Gasteiger partial charge on any atom is -0.392 e. The summed E-state index contributed by atoms with van der Waals surface area (Å²) in [7, 11) is 0. The number of aliphatic hydroxyl groups excluding tert-OH is 1. The SMILES string of the molecule is CCN(CC)CCc1ccccc1CO. The fraction of sp³-hybridized carbons (Fsp3) is 0.538. The van der Waals surface area contributed by atoms with Crippen molar-refractivity contribution in [1.29, 1.82) is 0 Å². The van der Waals surface area contributed by atoms with E-state index in [-0.39, 0.29) is 6.61 Å². The predicted molar refractivity (Wildman–Crippen MR) is 63.9 cm³/mol. The van der Waals surface area contributed by atoms with E-state index in [9.17, 15) is 5.11 Å². The van der Waals surface area contributed by atoms with Gasteiger partial charge >= 0.3 is 0 Å². The third-order valence-electron chi connectivity index (χ3n) is 2.88. The summed E-state index contributed by atoms with van der Waals surface area (Å²) in [5.41, 5.74) is 2.33. The first kappa shape index (κ1) is 12.2. The summed E-state index contributed by atoms with van der Waals surface area (Å²) in [4.78, 5) is 2.40. The molecular formula is C13H21NO. The van der Waals surface area contributed by atoms with Crippen LogP contribution in [0.3, 0.4) is 0 Å². The Labute approximate surface area is 92.5 Å². The highest BCUT2D eigenvalue weighted by Gasteiger charge is 2.03. The molecule has 0 atom stereocenters. The van der Waals surface area contributed by atoms with Gasteiger partial charge in [0, 0.05) is 6.54 Å². The summed E-state index contributed by atoms with van der Waals surface area (Å²) in [5, 5.41) is 9.18. The molecule has 0 saturated heterocycles. The molecule has 1 rings (SSSR count). The van der Waals surface area contributed by atoms with Crippen LogP contribution < -0.4 is 0 Å². The lowest BCUT2D eigenvalue weighted by atomic mass is 10.1. The summed E-state index contributed by atoms with van der Waals surface area (Å²) in [6.07, 6.45) is 1.03. The first-order valence-corrected chi connectivity index (χ1v) is 5.71. The van der Waals surface area contributed by atoms with Crippen LogP contribution in [0.5, 0.6) is 0 Å². The van der Waals surface area contributed by atoms with Crippen molar-refractivity contribution in [3.8, 4) is 0 Å². The van der Waals surface area contributed by atoms with Crippen molar-refractivity contribution >= 4 is 0 Å². The van der Waals surface area contributed by atoms with Crippen LogP contribution >= 0.6 is 0 Å². The summed E-state index contributed by atoms with van der Waals surface area (Å²) >= 11 is 0. The molecule has 2 nitrogen and oxygen atoms in total. The van der Waals surface area contributed by atoms with Crippen molar-refractivity contribution in [2.45, 2.75) is 26.9 Å². The smallest absolute Gasteiger partial charge is 0.0684 e. The molecule has 0 aliphatic heterocycles. The lowest BCUT2D eigenvalue weighted by Gasteiger charge is -2.18. The average Bonchev–Trinajstić information content (AvgIpc) is 2.31. The molecule has 0 aliphatic rings. The molecule has 0 amide bonds. The van der Waals surface area contributed by atoms with Crippen LogP contribution in [0.2, 0.25) is 0 Å². The molecule has 0 saturated carbocycles. The number of benzene rings is 1. The molecule has 84 valence electrons. The monoisotopic (exact) mass is 207 g/mol. The van der Waals surface area contributed by atoms with Gasteiger partial charge in [0.25, 0.3) is 0 Å². The Bertz CT molecular complexity index is 282. The highest BCUT2D eigenvalue weighted by Crippen LogP contribution is 2.09. The van der Waals surface area contributed by atoms with E-state index in [1.54, 1.807) is 0 Å². The first-order chi connectivity index (χ1) is 7.31. The van der Waals surface area contributed by atoms with E-state index in [0.717, 1.165) is 31.6 Å². The van der Waals surface area contributed by atoms with Gasteiger partial charge in [0.15, 0.2) is 0 Å². The van der Waals surface area contributed by atoms with E-state index < -0.39 is 0 Å². The number of aliphatic hydroxyl groups is 1. The maximum Gasteiger partial charge on any atom is 0.0684 e. The van der Waals surface area contributed by atoms with E-state index in [1.807, 2.05) is 18.2 Å². The van der Waals surface area contributed by atoms with Crippen molar-refractivity contribution < 1.29 is 5.11 Å². The zero-order chi connectivity index (χ0) is 11.1. The Morgan fingerprint density at radius 1 is 1.07 bits per heavy atom. The number of nitrogens with zero attached hydrogens (tertiary/aromatic N) is 1. The molecule has 0 heterocycles. The molecule has 0 unspecified atom stereocenters. The standard InChI is InChI=1S/C13H21NO/c1-3-14(4-2)10-9-12-7-5-6-8-13(12)11-15/h5-8,15H,3-4,9-11H2,1-2H3. The largest absolute Gasteiger partial charge is 0.392 e. The van der Waals surface area contributed by atoms with E-state index in [2.05, 4.69) is 24.8 Å². The fourth-order valence-electron chi connectivity index (χ4n) is 1.77. The minimum absolute atomic E-state index is 0.147. The van der Waals surface area contributed by atoms with Crippen LogP contribution in [0.4, 0.5) is 0 Å². The molecule has 0 spiro atoms. The third kappa shape index (κ3) is 3.65. The van der Waals surface area contributed by atoms with Gasteiger partial charge in [-0.2, -0.15) is 0 Å². The Morgan fingerprint density at radius 3 is 2.20 bits per heavy atom. The number of hydrogen-bond acceptors (Lipinski definition) is 2. The van der Waals surface area contributed by atoms with Gasteiger partial charge in [-0.3, -0.25) is 0 Å². The van der Waals surface area contributed by atoms with E-state index in [0.29, 0.717) is 0 Å². The van der Waals surface area contributed by atoms with Gasteiger partial charge in [0.2, 0.25) is 0 Å². The Kier molecular flexibility index (Phi) is 5.37. The van der Waals surface area contributed by atoms with Crippen LogP contribution in [0.15, 0.2) is 24.3 Å². The summed E-state index contributed by atoms with van der Waals surface area (Å²) < 4.78 is 0. The van der Waals surface area contributed by atoms with Gasteiger partial charge in [-0.15, -0.1) is 0 Å². The normalized spacial score (nSPS) is 10.9. The molecule has 0 aromatic heterocycles. The fourth-order valence-corrected chi connectivity index (χ4v) is 1.77. The van der Waals surface area contributed by atoms with Crippen molar-refractivity contribution in [3.05, 3.63) is 35.4 Å². The molecular weight excluding hydrogens is 186 g/mol. The van der Waals surface area contributed by atoms with Gasteiger partial charge in [0.05, 0.1) is 6.61 Å². The van der Waals surface area contributed by atoms with Crippen LogP contribution in [-0.2, 0) is 13.0 Å². The van der Waals surface area contributed by atoms with Crippen LogP contribution in [-0.4, -0.2) is 29.6 Å². The summed E-state index contributed by atoms with van der Waals surface area (Å²) in [6, 6.07) is 8.12. The first-order valence-electron chi connectivity index (χ1n) is 5.71. The van der Waals surface area contributed by atoms with Crippen LogP contribution in [0.25, 0.3) is 0 Å². The molecule has 2 heteroatoms. The van der Waals surface area contributed by atoms with Crippen molar-refractivity contribution in [2.24, 2.45) is 0 Å². The summed E-state index contributed by atoms with van der Waals surface area (Å²) in [6.45, 7) is 7.77. The zero-order valence-corrected chi connectivity index (χ0v) is 9.74. The zero-order valence-electron chi connectivity index (χ0n) is 9.74. The average molecular weight is 207 g/mol. The summed E-state index contributed by atoms with van der Waals surface area (Å²) in [5.74, 6) is 0. The maximum absolute atomic E-state index is 9.18. The molecule has 0 radical (unpaired) electrons. The minimum atomic E-state index is 0.147. The third-order valence-corrected chi connectivity index (χ3v) is 2.88. The van der Waals surface area contributed by atoms with Gasteiger partial charge in [-0.05, 0) is 30.6 Å². The molecule has 0 fully saturated rings. The molecule has 1 aromatic carbocycles. The Morgan fingerprint density at radius 2 is 1.67 bits per heavy atom. The van der Waals surface area contributed by atoms with E-state index >= 15 is 0 Å². The van der Waals surface area contributed by atoms with Crippen molar-refractivity contribution in [1.82, 2.24) is 4.90 Å². The van der Waals surface area contributed by atoms with Gasteiger partial charge in [-0.1, -0.05) is 38.1 Å². The predicted octanol–water partition coefficient (Wildman–Crippen LogP) is 2.06. The number of likely N-dealkylation sites (N-methyl/N-ethyl adjacent to an activating group) is 1. The van der Waals surface area contributed by atoms with Crippen LogP contribution in [0.1, 0.15) is 25.0 Å². The lowest BCUT2D eigenvalue weighted by molar-refractivity contribution is 0.278. The topological polar surface area (TPSA) is 23.5 Å². The van der Waals surface area contributed by atoms with Crippen molar-refractivity contribution in [2.75, 3.05) is 19.6 Å². The molecule has 0 bridgehead atoms. The van der Waals surface area contributed by atoms with E-state index in [4.69, 9.17) is 0 Å². The maximum atomic E-state index is 9.18. The molecule has 15 heavy (non-hydrogen) atoms. The second kappa shape index (κ2) is 6.59. The molecule has 1 aromatic rings. The van der Waals surface area contributed by atoms with E-state index in [1.165, 1.54) is 5.56 Å². The van der Waals surface area contributed by atoms with Gasteiger partial charge < -0.3 is 10.0 Å². The highest BCUT2D eigenvalue weighted by atomic mass is 16.3. The van der Waals surface area contributed by atoms with Gasteiger partial charge in [-0.25, -0.2) is 0 Å². The lowest BCUT2D eigenvalue weighted by Crippen LogP contribution is -2.25. The second-order valence-electron chi connectivity index (χ2n) is 3.70. The van der Waals surface area contributed by atoms with Gasteiger partial charge in [0.1, 0.15) is 0 Å². The Balaban J connectivity index is 2.56. The number of hydrogen-bond donors (Lipinski definition) is 1. The number of rotatable bonds is 6. The second-order valence-corrected chi connectivity index (χ2v) is 3.70.